The van der Waals surface area contributed by atoms with Gasteiger partial charge in [0.1, 0.15) is 5.75 Å². The van der Waals surface area contributed by atoms with E-state index in [9.17, 15) is 4.79 Å². The molecule has 4 nitrogen and oxygen atoms in total. The molecule has 5 heteroatoms. The van der Waals surface area contributed by atoms with Crippen molar-refractivity contribution < 1.29 is 9.53 Å². The van der Waals surface area contributed by atoms with Gasteiger partial charge in [-0.2, -0.15) is 11.8 Å². The van der Waals surface area contributed by atoms with Crippen LogP contribution in [-0.4, -0.2) is 31.1 Å². The summed E-state index contributed by atoms with van der Waals surface area (Å²) in [6, 6.07) is 5.09. The van der Waals surface area contributed by atoms with Crippen LogP contribution in [0.5, 0.6) is 5.75 Å². The van der Waals surface area contributed by atoms with Crippen molar-refractivity contribution in [3.8, 4) is 5.75 Å². The van der Waals surface area contributed by atoms with E-state index in [0.717, 1.165) is 12.3 Å². The molecular weight excluding hydrogens is 248 g/mol. The van der Waals surface area contributed by atoms with Crippen LogP contribution in [0.25, 0.3) is 0 Å². The normalized spacial score (nSPS) is 18.6. The summed E-state index contributed by atoms with van der Waals surface area (Å²) in [4.78, 5) is 12.0. The van der Waals surface area contributed by atoms with Gasteiger partial charge in [0.2, 0.25) is 0 Å². The van der Waals surface area contributed by atoms with Gasteiger partial charge >= 0.3 is 0 Å². The monoisotopic (exact) mass is 266 g/mol. The maximum absolute atomic E-state index is 12.0. The lowest BCUT2D eigenvalue weighted by molar-refractivity contribution is 0.0948. The van der Waals surface area contributed by atoms with Crippen LogP contribution in [-0.2, 0) is 0 Å². The van der Waals surface area contributed by atoms with Gasteiger partial charge in [0.05, 0.1) is 12.8 Å². The van der Waals surface area contributed by atoms with E-state index in [0.29, 0.717) is 22.9 Å². The Morgan fingerprint density at radius 3 is 3.11 bits per heavy atom. The topological polar surface area (TPSA) is 64.3 Å². The first-order valence-electron chi connectivity index (χ1n) is 6.00. The van der Waals surface area contributed by atoms with E-state index in [1.54, 1.807) is 25.3 Å². The first-order chi connectivity index (χ1) is 8.70. The van der Waals surface area contributed by atoms with Crippen LogP contribution in [0.4, 0.5) is 5.69 Å². The first kappa shape index (κ1) is 13.1. The van der Waals surface area contributed by atoms with Gasteiger partial charge in [0.15, 0.2) is 0 Å². The van der Waals surface area contributed by atoms with Crippen LogP contribution in [0, 0.1) is 5.92 Å². The number of amides is 1. The Hall–Kier alpha value is -1.36. The van der Waals surface area contributed by atoms with Crippen molar-refractivity contribution in [2.45, 2.75) is 6.42 Å². The number of anilines is 1. The molecule has 1 aliphatic rings. The van der Waals surface area contributed by atoms with E-state index in [1.807, 2.05) is 11.8 Å². The fourth-order valence-corrected chi connectivity index (χ4v) is 3.22. The molecule has 1 aromatic rings. The molecule has 1 aliphatic heterocycles. The minimum absolute atomic E-state index is 0.0646. The van der Waals surface area contributed by atoms with E-state index in [2.05, 4.69) is 5.32 Å². The molecule has 2 rings (SSSR count). The van der Waals surface area contributed by atoms with Gasteiger partial charge in [0.25, 0.3) is 5.91 Å². The Balaban J connectivity index is 1.95. The molecule has 98 valence electrons. The van der Waals surface area contributed by atoms with E-state index in [1.165, 1.54) is 12.2 Å². The van der Waals surface area contributed by atoms with E-state index >= 15 is 0 Å². The number of nitrogens with one attached hydrogen (secondary N) is 1. The third-order valence-electron chi connectivity index (χ3n) is 3.07. The van der Waals surface area contributed by atoms with E-state index in [-0.39, 0.29) is 5.91 Å². The molecule has 1 atom stereocenters. The van der Waals surface area contributed by atoms with Gasteiger partial charge in [-0.1, -0.05) is 0 Å². The van der Waals surface area contributed by atoms with Gasteiger partial charge < -0.3 is 15.8 Å². The van der Waals surface area contributed by atoms with E-state index in [4.69, 9.17) is 10.5 Å². The highest BCUT2D eigenvalue weighted by Crippen LogP contribution is 2.24. The minimum atomic E-state index is -0.0646. The number of nitrogen functional groups attached to an aromatic ring is 1. The average molecular weight is 266 g/mol. The molecule has 1 amide bonds. The van der Waals surface area contributed by atoms with Gasteiger partial charge in [-0.3, -0.25) is 4.79 Å². The highest BCUT2D eigenvalue weighted by atomic mass is 32.2. The molecule has 1 aromatic carbocycles. The second-order valence-corrected chi connectivity index (χ2v) is 5.55. The zero-order chi connectivity index (χ0) is 13.0. The molecule has 3 N–H and O–H groups in total. The summed E-state index contributed by atoms with van der Waals surface area (Å²) in [6.45, 7) is 0.749. The summed E-state index contributed by atoms with van der Waals surface area (Å²) in [5.74, 6) is 3.43. The zero-order valence-corrected chi connectivity index (χ0v) is 11.3. The number of carbonyl (C=O) groups excluding carboxylic acids is 1. The lowest BCUT2D eigenvalue weighted by atomic mass is 10.1. The summed E-state index contributed by atoms with van der Waals surface area (Å²) >= 11 is 1.95. The standard InChI is InChI=1S/C13H18N2O2S/c1-17-12-6-10(2-3-11(12)14)13(16)15-7-9-4-5-18-8-9/h2-3,6,9H,4-5,7-8,14H2,1H3,(H,15,16). The van der Waals surface area contributed by atoms with Crippen LogP contribution in [0.1, 0.15) is 16.8 Å². The lowest BCUT2D eigenvalue weighted by Crippen LogP contribution is -2.29. The molecular formula is C13H18N2O2S. The Bertz CT molecular complexity index is 431. The highest BCUT2D eigenvalue weighted by Gasteiger charge is 2.17. The molecule has 0 radical (unpaired) electrons. The smallest absolute Gasteiger partial charge is 0.251 e. The number of rotatable bonds is 4. The minimum Gasteiger partial charge on any atom is -0.495 e. The summed E-state index contributed by atoms with van der Waals surface area (Å²) in [5, 5.41) is 2.96. The number of thioether (sulfide) groups is 1. The number of ether oxygens (including phenoxy) is 1. The number of methoxy groups -OCH3 is 1. The number of nitrogens with two attached hydrogens (primary N) is 1. The van der Waals surface area contributed by atoms with E-state index < -0.39 is 0 Å². The van der Waals surface area contributed by atoms with Crippen LogP contribution in [0.2, 0.25) is 0 Å². The van der Waals surface area contributed by atoms with Crippen molar-refractivity contribution in [3.63, 3.8) is 0 Å². The molecule has 0 aliphatic carbocycles. The molecule has 0 spiro atoms. The van der Waals surface area contributed by atoms with Crippen molar-refractivity contribution in [3.05, 3.63) is 23.8 Å². The lowest BCUT2D eigenvalue weighted by Gasteiger charge is -2.11. The second-order valence-electron chi connectivity index (χ2n) is 4.40. The maximum atomic E-state index is 12.0. The predicted octanol–water partition coefficient (Wildman–Crippen LogP) is 1.76. The fourth-order valence-electron chi connectivity index (χ4n) is 1.94. The quantitative estimate of drug-likeness (QED) is 0.815. The zero-order valence-electron chi connectivity index (χ0n) is 10.4. The van der Waals surface area contributed by atoms with Crippen LogP contribution in [0.3, 0.4) is 0 Å². The van der Waals surface area contributed by atoms with Gasteiger partial charge in [0, 0.05) is 12.1 Å². The third-order valence-corrected chi connectivity index (χ3v) is 4.30. The van der Waals surface area contributed by atoms with Crippen molar-refractivity contribution in [2.75, 3.05) is 30.9 Å². The number of hydrogen-bond acceptors (Lipinski definition) is 4. The molecule has 1 heterocycles. The Labute approximate surface area is 111 Å². The van der Waals surface area contributed by atoms with Crippen LogP contribution >= 0.6 is 11.8 Å². The van der Waals surface area contributed by atoms with Crippen molar-refractivity contribution in [1.29, 1.82) is 0 Å². The van der Waals surface area contributed by atoms with Gasteiger partial charge in [-0.25, -0.2) is 0 Å². The summed E-state index contributed by atoms with van der Waals surface area (Å²) in [6.07, 6.45) is 1.19. The van der Waals surface area contributed by atoms with Gasteiger partial charge in [-0.05, 0) is 42.0 Å². The molecule has 1 fully saturated rings. The summed E-state index contributed by atoms with van der Waals surface area (Å²) in [5.41, 5.74) is 6.85. The third kappa shape index (κ3) is 3.10. The maximum Gasteiger partial charge on any atom is 0.251 e. The largest absolute Gasteiger partial charge is 0.495 e. The predicted molar refractivity (Wildman–Crippen MR) is 75.2 cm³/mol. The highest BCUT2D eigenvalue weighted by molar-refractivity contribution is 7.99. The number of hydrogen-bond donors (Lipinski definition) is 2. The molecule has 18 heavy (non-hydrogen) atoms. The number of carbonyl (C=O) groups is 1. The molecule has 1 unspecified atom stereocenters. The molecule has 0 aromatic heterocycles. The molecule has 0 bridgehead atoms. The Morgan fingerprint density at radius 2 is 2.44 bits per heavy atom. The SMILES string of the molecule is COc1cc(C(=O)NCC2CCSC2)ccc1N. The van der Waals surface area contributed by atoms with Crippen molar-refractivity contribution in [1.82, 2.24) is 5.32 Å². The summed E-state index contributed by atoms with van der Waals surface area (Å²) in [7, 11) is 1.54. The van der Waals surface area contributed by atoms with Gasteiger partial charge in [-0.15, -0.1) is 0 Å². The summed E-state index contributed by atoms with van der Waals surface area (Å²) < 4.78 is 5.11. The molecule has 0 saturated carbocycles. The van der Waals surface area contributed by atoms with Crippen LogP contribution < -0.4 is 15.8 Å². The van der Waals surface area contributed by atoms with Crippen molar-refractivity contribution in [2.24, 2.45) is 5.92 Å². The molecule has 1 saturated heterocycles. The second kappa shape index (κ2) is 6.00. The van der Waals surface area contributed by atoms with Crippen molar-refractivity contribution >= 4 is 23.4 Å². The Kier molecular flexibility index (Phi) is 4.36. The Morgan fingerprint density at radius 1 is 1.61 bits per heavy atom. The number of benzene rings is 1. The average Bonchev–Trinajstić information content (AvgIpc) is 2.89. The fraction of sp³-hybridized carbons (Fsp3) is 0.462. The first-order valence-corrected chi connectivity index (χ1v) is 7.15. The van der Waals surface area contributed by atoms with Crippen LogP contribution in [0.15, 0.2) is 18.2 Å².